The first kappa shape index (κ1) is 24.4. The lowest BCUT2D eigenvalue weighted by atomic mass is 9.92. The molecular weight excluding hydrogens is 500 g/mol. The number of ether oxygens (including phenoxy) is 3. The molecule has 188 valence electrons. The number of hydrogen-bond donors (Lipinski definition) is 2. The molecule has 5 rings (SSSR count). The number of benzene rings is 2. The van der Waals surface area contributed by atoms with Gasteiger partial charge in [-0.15, -0.1) is 11.3 Å². The molecule has 2 aromatic heterocycles. The Morgan fingerprint density at radius 3 is 2.86 bits per heavy atom. The summed E-state index contributed by atoms with van der Waals surface area (Å²) in [4.78, 5) is 22.6. The SMILES string of the molecule is COCCOC(=O)N1CCc2c([nH]c3ccc(Cl)cc23)[C@@H]1c1ccc(OCCNc2nccs2)cc1. The number of nitrogens with one attached hydrogen (secondary N) is 2. The summed E-state index contributed by atoms with van der Waals surface area (Å²) in [5, 5.41) is 7.80. The zero-order chi connectivity index (χ0) is 24.9. The Kier molecular flexibility index (Phi) is 7.60. The molecule has 1 atom stereocenters. The van der Waals surface area contributed by atoms with E-state index in [0.29, 0.717) is 37.7 Å². The van der Waals surface area contributed by atoms with Gasteiger partial charge in [-0.1, -0.05) is 23.7 Å². The van der Waals surface area contributed by atoms with Gasteiger partial charge in [0.1, 0.15) is 25.0 Å². The summed E-state index contributed by atoms with van der Waals surface area (Å²) >= 11 is 7.84. The number of hydrogen-bond acceptors (Lipinski definition) is 7. The third-order valence-electron chi connectivity index (χ3n) is 6.11. The first-order valence-electron chi connectivity index (χ1n) is 11.7. The average molecular weight is 527 g/mol. The Morgan fingerprint density at radius 2 is 2.08 bits per heavy atom. The summed E-state index contributed by atoms with van der Waals surface area (Å²) in [6.45, 7) is 2.25. The second-order valence-electron chi connectivity index (χ2n) is 8.34. The molecule has 1 aliphatic heterocycles. The number of thiazole rings is 1. The van der Waals surface area contributed by atoms with Crippen LogP contribution in [0.4, 0.5) is 9.93 Å². The molecular formula is C26H27ClN4O4S. The minimum atomic E-state index is -0.368. The number of halogens is 1. The second-order valence-corrected chi connectivity index (χ2v) is 9.67. The van der Waals surface area contributed by atoms with E-state index in [-0.39, 0.29) is 18.7 Å². The molecule has 0 aliphatic carbocycles. The second kappa shape index (κ2) is 11.2. The van der Waals surface area contributed by atoms with Crippen molar-refractivity contribution in [1.29, 1.82) is 0 Å². The highest BCUT2D eigenvalue weighted by molar-refractivity contribution is 7.13. The van der Waals surface area contributed by atoms with Crippen molar-refractivity contribution in [2.45, 2.75) is 12.5 Å². The van der Waals surface area contributed by atoms with Crippen LogP contribution in [-0.4, -0.2) is 61.0 Å². The molecule has 2 aromatic carbocycles. The van der Waals surface area contributed by atoms with E-state index in [2.05, 4.69) is 15.3 Å². The molecule has 1 amide bonds. The molecule has 0 bridgehead atoms. The van der Waals surface area contributed by atoms with Crippen molar-refractivity contribution in [3.05, 3.63) is 75.9 Å². The Balaban J connectivity index is 1.37. The normalized spacial score (nSPS) is 15.1. The van der Waals surface area contributed by atoms with E-state index in [9.17, 15) is 4.79 Å². The van der Waals surface area contributed by atoms with E-state index in [0.717, 1.165) is 33.0 Å². The van der Waals surface area contributed by atoms with Gasteiger partial charge in [-0.05, 0) is 47.9 Å². The fourth-order valence-corrected chi connectivity index (χ4v) is 5.21. The van der Waals surface area contributed by atoms with Crippen molar-refractivity contribution in [1.82, 2.24) is 14.9 Å². The van der Waals surface area contributed by atoms with E-state index in [1.54, 1.807) is 29.5 Å². The van der Waals surface area contributed by atoms with Crippen molar-refractivity contribution in [2.24, 2.45) is 0 Å². The van der Waals surface area contributed by atoms with Crippen LogP contribution in [0.5, 0.6) is 5.75 Å². The summed E-state index contributed by atoms with van der Waals surface area (Å²) in [6.07, 6.45) is 2.11. The Bertz CT molecular complexity index is 1310. The molecule has 1 aliphatic rings. The van der Waals surface area contributed by atoms with Crippen LogP contribution in [0.2, 0.25) is 5.02 Å². The number of aromatic amines is 1. The molecule has 0 unspecified atom stereocenters. The highest BCUT2D eigenvalue weighted by Gasteiger charge is 2.35. The summed E-state index contributed by atoms with van der Waals surface area (Å²) < 4.78 is 16.4. The fourth-order valence-electron chi connectivity index (χ4n) is 4.48. The molecule has 36 heavy (non-hydrogen) atoms. The summed E-state index contributed by atoms with van der Waals surface area (Å²) in [7, 11) is 1.58. The van der Waals surface area contributed by atoms with Gasteiger partial charge in [0.2, 0.25) is 0 Å². The predicted molar refractivity (Wildman–Crippen MR) is 141 cm³/mol. The maximum atomic E-state index is 13.1. The highest BCUT2D eigenvalue weighted by atomic mass is 35.5. The smallest absolute Gasteiger partial charge is 0.410 e. The molecule has 4 aromatic rings. The van der Waals surface area contributed by atoms with E-state index in [1.807, 2.05) is 47.8 Å². The zero-order valence-corrected chi connectivity index (χ0v) is 21.4. The van der Waals surface area contributed by atoms with Crippen LogP contribution in [0.25, 0.3) is 10.9 Å². The van der Waals surface area contributed by atoms with Gasteiger partial charge in [0.25, 0.3) is 0 Å². The van der Waals surface area contributed by atoms with Crippen LogP contribution in [0.3, 0.4) is 0 Å². The quantitative estimate of drug-likeness (QED) is 0.280. The molecule has 3 heterocycles. The van der Waals surface area contributed by atoms with Gasteiger partial charge in [-0.3, -0.25) is 4.90 Å². The number of rotatable bonds is 9. The number of nitrogens with zero attached hydrogens (tertiary/aromatic N) is 2. The van der Waals surface area contributed by atoms with Crippen LogP contribution in [-0.2, 0) is 15.9 Å². The number of carbonyl (C=O) groups excluding carboxylic acids is 1. The number of methoxy groups -OCH3 is 1. The lowest BCUT2D eigenvalue weighted by Crippen LogP contribution is -2.41. The largest absolute Gasteiger partial charge is 0.492 e. The van der Waals surface area contributed by atoms with Gasteiger partial charge in [0, 0.05) is 46.9 Å². The van der Waals surface area contributed by atoms with Gasteiger partial charge in [0.15, 0.2) is 5.13 Å². The number of anilines is 1. The number of H-pyrrole nitrogens is 1. The van der Waals surface area contributed by atoms with Gasteiger partial charge in [0.05, 0.1) is 13.2 Å². The molecule has 0 spiro atoms. The van der Waals surface area contributed by atoms with Crippen molar-refractivity contribution < 1.29 is 19.0 Å². The van der Waals surface area contributed by atoms with Crippen molar-refractivity contribution in [3.63, 3.8) is 0 Å². The fraction of sp³-hybridized carbons (Fsp3) is 0.308. The van der Waals surface area contributed by atoms with Crippen LogP contribution < -0.4 is 10.1 Å². The lowest BCUT2D eigenvalue weighted by Gasteiger charge is -2.35. The van der Waals surface area contributed by atoms with Gasteiger partial charge >= 0.3 is 6.09 Å². The first-order chi connectivity index (χ1) is 17.6. The van der Waals surface area contributed by atoms with Crippen LogP contribution in [0, 0.1) is 0 Å². The Labute approximate surface area is 218 Å². The Hall–Kier alpha value is -3.27. The standard InChI is InChI=1S/C26H27ClN4O4S/c1-33-13-14-35-26(32)31-11-8-20-21-16-18(27)4-7-22(21)30-23(20)24(31)17-2-5-19(6-3-17)34-12-9-28-25-29-10-15-36-25/h2-7,10,15-16,24,30H,8-9,11-14H2,1H3,(H,28,29)/t24-/m0/s1. The maximum absolute atomic E-state index is 13.1. The highest BCUT2D eigenvalue weighted by Crippen LogP contribution is 2.39. The number of aromatic nitrogens is 2. The Morgan fingerprint density at radius 1 is 1.22 bits per heavy atom. The molecule has 8 nitrogen and oxygen atoms in total. The van der Waals surface area contributed by atoms with Crippen molar-refractivity contribution in [3.8, 4) is 5.75 Å². The molecule has 0 fully saturated rings. The maximum Gasteiger partial charge on any atom is 0.410 e. The topological polar surface area (TPSA) is 88.7 Å². The number of fused-ring (bicyclic) bond motifs is 3. The summed E-state index contributed by atoms with van der Waals surface area (Å²) in [5.74, 6) is 0.758. The minimum Gasteiger partial charge on any atom is -0.492 e. The first-order valence-corrected chi connectivity index (χ1v) is 13.0. The minimum absolute atomic E-state index is 0.204. The lowest BCUT2D eigenvalue weighted by molar-refractivity contribution is 0.0629. The van der Waals surface area contributed by atoms with E-state index < -0.39 is 0 Å². The molecule has 0 radical (unpaired) electrons. The van der Waals surface area contributed by atoms with Crippen LogP contribution >= 0.6 is 22.9 Å². The van der Waals surface area contributed by atoms with Crippen molar-refractivity contribution >= 4 is 45.1 Å². The molecule has 0 saturated carbocycles. The van der Waals surface area contributed by atoms with Gasteiger partial charge < -0.3 is 24.5 Å². The number of amides is 1. The monoisotopic (exact) mass is 526 g/mol. The van der Waals surface area contributed by atoms with Crippen molar-refractivity contribution in [2.75, 3.05) is 45.3 Å². The van der Waals surface area contributed by atoms with Gasteiger partial charge in [-0.2, -0.15) is 0 Å². The number of carbonyl (C=O) groups is 1. The van der Waals surface area contributed by atoms with Gasteiger partial charge in [-0.25, -0.2) is 9.78 Å². The summed E-state index contributed by atoms with van der Waals surface area (Å²) in [5.41, 5.74) is 4.11. The third kappa shape index (κ3) is 5.28. The predicted octanol–water partition coefficient (Wildman–Crippen LogP) is 5.50. The molecule has 10 heteroatoms. The summed E-state index contributed by atoms with van der Waals surface area (Å²) in [6, 6.07) is 13.4. The third-order valence-corrected chi connectivity index (χ3v) is 7.08. The van der Waals surface area contributed by atoms with E-state index >= 15 is 0 Å². The van der Waals surface area contributed by atoms with Crippen LogP contribution in [0.15, 0.2) is 54.0 Å². The van der Waals surface area contributed by atoms with E-state index in [1.165, 1.54) is 5.56 Å². The van der Waals surface area contributed by atoms with E-state index in [4.69, 9.17) is 25.8 Å². The zero-order valence-electron chi connectivity index (χ0n) is 19.8. The van der Waals surface area contributed by atoms with Crippen LogP contribution in [0.1, 0.15) is 22.9 Å². The molecule has 0 saturated heterocycles. The molecule has 2 N–H and O–H groups in total. The average Bonchev–Trinajstić information content (AvgIpc) is 3.54.